The molecule has 0 unspecified atom stereocenters. The predicted octanol–water partition coefficient (Wildman–Crippen LogP) is 4.10. The number of benzene rings is 2. The van der Waals surface area contributed by atoms with E-state index in [1.165, 1.54) is 45.3 Å². The maximum atomic E-state index is 9.55. The molecule has 0 atom stereocenters. The first kappa shape index (κ1) is 13.6. The molecule has 0 fully saturated rings. The lowest BCUT2D eigenvalue weighted by molar-refractivity contribution is 0.300. The molecule has 112 valence electrons. The third-order valence-electron chi connectivity index (χ3n) is 4.79. The zero-order chi connectivity index (χ0) is 15.1. The van der Waals surface area contributed by atoms with E-state index in [9.17, 15) is 5.11 Å². The summed E-state index contributed by atoms with van der Waals surface area (Å²) in [6.07, 6.45) is 3.07. The van der Waals surface area contributed by atoms with Gasteiger partial charge in [-0.15, -0.1) is 0 Å². The second-order valence-electron chi connectivity index (χ2n) is 6.24. The number of aliphatic hydroxyl groups excluding tert-OH is 1. The topological polar surface area (TPSA) is 25.2 Å². The van der Waals surface area contributed by atoms with Crippen molar-refractivity contribution in [1.82, 2.24) is 4.57 Å². The van der Waals surface area contributed by atoms with Crippen LogP contribution >= 0.6 is 0 Å². The molecule has 0 amide bonds. The van der Waals surface area contributed by atoms with Crippen LogP contribution in [0.15, 0.2) is 42.5 Å². The molecule has 1 aromatic heterocycles. The minimum atomic E-state index is 0.197. The van der Waals surface area contributed by atoms with Crippen molar-refractivity contribution in [2.45, 2.75) is 32.7 Å². The van der Waals surface area contributed by atoms with Crippen molar-refractivity contribution in [3.8, 4) is 11.3 Å². The Morgan fingerprint density at radius 1 is 1.09 bits per heavy atom. The summed E-state index contributed by atoms with van der Waals surface area (Å²) in [7, 11) is 0. The highest BCUT2D eigenvalue weighted by Gasteiger charge is 2.22. The molecule has 1 aliphatic heterocycles. The molecule has 0 saturated heterocycles. The monoisotopic (exact) mass is 291 g/mol. The van der Waals surface area contributed by atoms with Gasteiger partial charge in [-0.25, -0.2) is 0 Å². The number of para-hydroxylation sites is 1. The van der Waals surface area contributed by atoms with Crippen molar-refractivity contribution in [1.29, 1.82) is 0 Å². The molecule has 3 aromatic rings. The van der Waals surface area contributed by atoms with Gasteiger partial charge in [0, 0.05) is 18.5 Å². The third-order valence-corrected chi connectivity index (χ3v) is 4.79. The van der Waals surface area contributed by atoms with Crippen LogP contribution in [0.5, 0.6) is 0 Å². The second-order valence-corrected chi connectivity index (χ2v) is 6.24. The zero-order valence-corrected chi connectivity index (χ0v) is 13.0. The molecular formula is C20H21NO. The number of aromatic nitrogens is 1. The maximum absolute atomic E-state index is 9.55. The summed E-state index contributed by atoms with van der Waals surface area (Å²) < 4.78 is 2.48. The van der Waals surface area contributed by atoms with E-state index in [4.69, 9.17) is 0 Å². The van der Waals surface area contributed by atoms with Crippen molar-refractivity contribution in [2.24, 2.45) is 0 Å². The van der Waals surface area contributed by atoms with E-state index in [1.807, 2.05) is 0 Å². The highest BCUT2D eigenvalue weighted by Crippen LogP contribution is 2.38. The summed E-state index contributed by atoms with van der Waals surface area (Å²) in [5, 5.41) is 10.9. The number of rotatable bonds is 3. The van der Waals surface area contributed by atoms with Gasteiger partial charge in [-0.05, 0) is 42.9 Å². The molecule has 1 N–H and O–H groups in total. The first-order valence-electron chi connectivity index (χ1n) is 8.10. The Hall–Kier alpha value is -2.06. The Labute approximate surface area is 131 Å². The van der Waals surface area contributed by atoms with E-state index in [2.05, 4.69) is 54.0 Å². The molecular weight excluding hydrogens is 270 g/mol. The Bertz CT molecular complexity index is 827. The average molecular weight is 291 g/mol. The molecule has 0 aliphatic carbocycles. The molecule has 2 heterocycles. The van der Waals surface area contributed by atoms with Crippen molar-refractivity contribution >= 4 is 10.9 Å². The maximum Gasteiger partial charge on any atom is 0.0524 e. The zero-order valence-electron chi connectivity index (χ0n) is 13.0. The largest absolute Gasteiger partial charge is 0.396 e. The molecule has 4 rings (SSSR count). The molecule has 0 radical (unpaired) electrons. The van der Waals surface area contributed by atoms with Crippen molar-refractivity contribution in [3.05, 3.63) is 59.2 Å². The van der Waals surface area contributed by atoms with Crippen LogP contribution in [-0.2, 0) is 19.4 Å². The number of aliphatic hydroxyl groups is 1. The smallest absolute Gasteiger partial charge is 0.0524 e. The normalized spacial score (nSPS) is 13.7. The number of aryl methyl sites for hydroxylation is 3. The lowest BCUT2D eigenvalue weighted by Crippen LogP contribution is -2.08. The average Bonchev–Trinajstić information content (AvgIpc) is 2.85. The molecule has 1 aliphatic rings. The van der Waals surface area contributed by atoms with Crippen LogP contribution in [0.2, 0.25) is 0 Å². The van der Waals surface area contributed by atoms with Gasteiger partial charge in [0.25, 0.3) is 0 Å². The van der Waals surface area contributed by atoms with Gasteiger partial charge >= 0.3 is 0 Å². The number of nitrogens with zero attached hydrogens (tertiary/aromatic N) is 1. The summed E-state index contributed by atoms with van der Waals surface area (Å²) >= 11 is 0. The van der Waals surface area contributed by atoms with E-state index in [0.717, 1.165) is 19.4 Å². The fourth-order valence-corrected chi connectivity index (χ4v) is 3.82. The van der Waals surface area contributed by atoms with E-state index in [-0.39, 0.29) is 6.61 Å². The fourth-order valence-electron chi connectivity index (χ4n) is 3.82. The molecule has 0 saturated carbocycles. The van der Waals surface area contributed by atoms with Crippen molar-refractivity contribution in [3.63, 3.8) is 0 Å². The summed E-state index contributed by atoms with van der Waals surface area (Å²) in [6, 6.07) is 15.4. The molecule has 0 bridgehead atoms. The summed E-state index contributed by atoms with van der Waals surface area (Å²) in [6.45, 7) is 3.39. The van der Waals surface area contributed by atoms with Crippen LogP contribution in [0.25, 0.3) is 22.2 Å². The van der Waals surface area contributed by atoms with E-state index >= 15 is 0 Å². The highest BCUT2D eigenvalue weighted by molar-refractivity contribution is 5.94. The molecule has 2 heteroatoms. The lowest BCUT2D eigenvalue weighted by atomic mass is 10.0. The van der Waals surface area contributed by atoms with Gasteiger partial charge in [-0.3, -0.25) is 0 Å². The van der Waals surface area contributed by atoms with Gasteiger partial charge in [0.1, 0.15) is 0 Å². The van der Waals surface area contributed by atoms with Crippen LogP contribution in [0, 0.1) is 6.92 Å². The van der Waals surface area contributed by atoms with E-state index < -0.39 is 0 Å². The van der Waals surface area contributed by atoms with Crippen molar-refractivity contribution < 1.29 is 5.11 Å². The van der Waals surface area contributed by atoms with Crippen molar-refractivity contribution in [2.75, 3.05) is 6.61 Å². The van der Waals surface area contributed by atoms with Crippen LogP contribution in [0.1, 0.15) is 23.1 Å². The first-order valence-corrected chi connectivity index (χ1v) is 8.10. The van der Waals surface area contributed by atoms with Gasteiger partial charge in [0.2, 0.25) is 0 Å². The second kappa shape index (κ2) is 5.29. The lowest BCUT2D eigenvalue weighted by Gasteiger charge is -2.18. The fraction of sp³-hybridized carbons (Fsp3) is 0.300. The summed E-state index contributed by atoms with van der Waals surface area (Å²) in [5.74, 6) is 0. The molecule has 22 heavy (non-hydrogen) atoms. The predicted molar refractivity (Wildman–Crippen MR) is 91.2 cm³/mol. The SMILES string of the molecule is Cc1ccc(-c2c(CCO)c3cccc4c3n2CCC4)cc1. The van der Waals surface area contributed by atoms with Gasteiger partial charge in [0.05, 0.1) is 11.2 Å². The van der Waals surface area contributed by atoms with Crippen LogP contribution in [0.3, 0.4) is 0 Å². The Kier molecular flexibility index (Phi) is 3.27. The quantitative estimate of drug-likeness (QED) is 0.772. The molecule has 2 aromatic carbocycles. The van der Waals surface area contributed by atoms with Crippen LogP contribution in [0.4, 0.5) is 0 Å². The highest BCUT2D eigenvalue weighted by atomic mass is 16.2. The molecule has 2 nitrogen and oxygen atoms in total. The van der Waals surface area contributed by atoms with Gasteiger partial charge in [-0.1, -0.05) is 48.0 Å². The standard InChI is InChI=1S/C20H21NO/c1-14-7-9-16(10-8-14)20-18(11-13-22)17-6-2-4-15-5-3-12-21(20)19(15)17/h2,4,6-10,22H,3,5,11-13H2,1H3. The van der Waals surface area contributed by atoms with Crippen LogP contribution < -0.4 is 0 Å². The minimum absolute atomic E-state index is 0.197. The minimum Gasteiger partial charge on any atom is -0.396 e. The van der Waals surface area contributed by atoms with E-state index in [1.54, 1.807) is 0 Å². The van der Waals surface area contributed by atoms with Crippen LogP contribution in [-0.4, -0.2) is 16.3 Å². The summed E-state index contributed by atoms with van der Waals surface area (Å²) in [4.78, 5) is 0. The number of hydrogen-bond acceptors (Lipinski definition) is 1. The molecule has 0 spiro atoms. The Morgan fingerprint density at radius 3 is 2.68 bits per heavy atom. The van der Waals surface area contributed by atoms with Gasteiger partial charge < -0.3 is 9.67 Å². The summed E-state index contributed by atoms with van der Waals surface area (Å²) in [5.41, 5.74) is 7.97. The third kappa shape index (κ3) is 1.98. The van der Waals surface area contributed by atoms with Gasteiger partial charge in [-0.2, -0.15) is 0 Å². The van der Waals surface area contributed by atoms with Gasteiger partial charge in [0.15, 0.2) is 0 Å². The number of hydrogen-bond donors (Lipinski definition) is 1. The Balaban J connectivity index is 2.06. The van der Waals surface area contributed by atoms with E-state index in [0.29, 0.717) is 0 Å². The first-order chi connectivity index (χ1) is 10.8. The Morgan fingerprint density at radius 2 is 1.91 bits per heavy atom.